The Labute approximate surface area is 128 Å². The van der Waals surface area contributed by atoms with E-state index in [2.05, 4.69) is 4.90 Å². The summed E-state index contributed by atoms with van der Waals surface area (Å²) >= 11 is 0. The molecule has 2 heterocycles. The number of rotatable bonds is 2. The molecule has 2 saturated heterocycles. The van der Waals surface area contributed by atoms with Crippen molar-refractivity contribution in [3.63, 3.8) is 0 Å². The van der Waals surface area contributed by atoms with Crippen molar-refractivity contribution >= 4 is 11.6 Å². The summed E-state index contributed by atoms with van der Waals surface area (Å²) in [6.07, 6.45) is 4.93. The Morgan fingerprint density at radius 1 is 1.09 bits per heavy atom. The normalized spacial score (nSPS) is 20.5. The second kappa shape index (κ2) is 6.20. The van der Waals surface area contributed by atoms with Gasteiger partial charge in [-0.05, 0) is 32.0 Å². The molecule has 0 unspecified atom stereocenters. The topological polar surface area (TPSA) is 49.6 Å². The van der Waals surface area contributed by atoms with Gasteiger partial charge in [0.2, 0.25) is 0 Å². The number of nitrogen functional groups attached to an aromatic ring is 1. The molecule has 1 amide bonds. The number of nitrogens with zero attached hydrogens (tertiary/aromatic N) is 2. The highest BCUT2D eigenvalue weighted by atomic mass is 19.1. The third-order valence-electron chi connectivity index (χ3n) is 4.61. The van der Waals surface area contributed by atoms with E-state index in [1.54, 1.807) is 4.90 Å². The lowest BCUT2D eigenvalue weighted by atomic mass is 10.0. The van der Waals surface area contributed by atoms with Crippen LogP contribution in [-0.4, -0.2) is 47.9 Å². The van der Waals surface area contributed by atoms with Gasteiger partial charge in [0.1, 0.15) is 11.6 Å². The largest absolute Gasteiger partial charge is 0.398 e. The van der Waals surface area contributed by atoms with E-state index in [4.69, 9.17) is 5.73 Å². The fraction of sp³-hybridized carbons (Fsp3) is 0.562. The molecule has 1 aromatic carbocycles. The maximum atomic E-state index is 13.8. The van der Waals surface area contributed by atoms with Crippen LogP contribution in [0.3, 0.4) is 0 Å². The van der Waals surface area contributed by atoms with Gasteiger partial charge in [-0.2, -0.15) is 0 Å². The Hall–Kier alpha value is -1.69. The maximum Gasteiger partial charge on any atom is 0.259 e. The van der Waals surface area contributed by atoms with Crippen LogP contribution in [0.25, 0.3) is 0 Å². The van der Waals surface area contributed by atoms with Crippen LogP contribution in [-0.2, 0) is 0 Å². The van der Waals surface area contributed by atoms with Crippen molar-refractivity contribution in [2.45, 2.75) is 31.7 Å². The molecule has 2 N–H and O–H groups in total. The Balaban J connectivity index is 1.64. The standard InChI is InChI=1S/C16H21F2N3O/c17-11-7-13(18)15(14(19)8-11)16(22)21-9-12(10-21)20-5-3-1-2-4-6-20/h7-8,12H,1-6,9-10,19H2. The second-order valence-corrected chi connectivity index (χ2v) is 6.17. The Kier molecular flexibility index (Phi) is 4.29. The molecule has 3 rings (SSSR count). The summed E-state index contributed by atoms with van der Waals surface area (Å²) in [5.41, 5.74) is 5.25. The first-order chi connectivity index (χ1) is 10.6. The van der Waals surface area contributed by atoms with Crippen LogP contribution in [0.15, 0.2) is 12.1 Å². The van der Waals surface area contributed by atoms with Gasteiger partial charge in [-0.25, -0.2) is 8.78 Å². The van der Waals surface area contributed by atoms with Gasteiger partial charge in [-0.1, -0.05) is 12.8 Å². The van der Waals surface area contributed by atoms with E-state index in [0.717, 1.165) is 19.2 Å². The molecule has 1 aromatic rings. The minimum Gasteiger partial charge on any atom is -0.398 e. The SMILES string of the molecule is Nc1cc(F)cc(F)c1C(=O)N1CC(N2CCCCCC2)C1. The maximum absolute atomic E-state index is 13.8. The quantitative estimate of drug-likeness (QED) is 0.853. The van der Waals surface area contributed by atoms with Gasteiger partial charge in [0.05, 0.1) is 11.3 Å². The fourth-order valence-corrected chi connectivity index (χ4v) is 3.29. The minimum absolute atomic E-state index is 0.138. The molecule has 2 aliphatic rings. The molecule has 0 bridgehead atoms. The summed E-state index contributed by atoms with van der Waals surface area (Å²) in [6.45, 7) is 3.32. The van der Waals surface area contributed by atoms with Gasteiger partial charge in [0.15, 0.2) is 0 Å². The summed E-state index contributed by atoms with van der Waals surface area (Å²) in [5, 5.41) is 0. The molecule has 0 radical (unpaired) electrons. The van der Waals surface area contributed by atoms with Crippen molar-refractivity contribution in [1.82, 2.24) is 9.80 Å². The lowest BCUT2D eigenvalue weighted by Gasteiger charge is -2.45. The number of amides is 1. The number of carbonyl (C=O) groups excluding carboxylic acids is 1. The third kappa shape index (κ3) is 2.92. The molecule has 2 aliphatic heterocycles. The number of carbonyl (C=O) groups is 1. The van der Waals surface area contributed by atoms with Crippen LogP contribution in [0.4, 0.5) is 14.5 Å². The number of likely N-dealkylation sites (tertiary alicyclic amines) is 2. The first-order valence-electron chi connectivity index (χ1n) is 7.84. The number of halogens is 2. The summed E-state index contributed by atoms with van der Waals surface area (Å²) in [5.74, 6) is -2.10. The summed E-state index contributed by atoms with van der Waals surface area (Å²) < 4.78 is 26.9. The van der Waals surface area contributed by atoms with Gasteiger partial charge in [0, 0.05) is 25.2 Å². The summed E-state index contributed by atoms with van der Waals surface area (Å²) in [4.78, 5) is 16.3. The highest BCUT2D eigenvalue weighted by molar-refractivity contribution is 5.99. The molecule has 6 heteroatoms. The zero-order valence-electron chi connectivity index (χ0n) is 12.5. The van der Waals surface area contributed by atoms with Crippen molar-refractivity contribution < 1.29 is 13.6 Å². The van der Waals surface area contributed by atoms with Crippen LogP contribution >= 0.6 is 0 Å². The third-order valence-corrected chi connectivity index (χ3v) is 4.61. The molecule has 0 atom stereocenters. The molecule has 0 aliphatic carbocycles. The molecule has 120 valence electrons. The van der Waals surface area contributed by atoms with Crippen LogP contribution < -0.4 is 5.73 Å². The highest BCUT2D eigenvalue weighted by Gasteiger charge is 2.36. The van der Waals surface area contributed by atoms with Gasteiger partial charge in [-0.3, -0.25) is 9.69 Å². The molecular formula is C16H21F2N3O. The van der Waals surface area contributed by atoms with Gasteiger partial charge in [0.25, 0.3) is 5.91 Å². The van der Waals surface area contributed by atoms with E-state index < -0.39 is 17.5 Å². The summed E-state index contributed by atoms with van der Waals surface area (Å²) in [6, 6.07) is 2.05. The molecular weight excluding hydrogens is 288 g/mol. The molecule has 0 saturated carbocycles. The monoisotopic (exact) mass is 309 g/mol. The lowest BCUT2D eigenvalue weighted by Crippen LogP contribution is -2.61. The van der Waals surface area contributed by atoms with Crippen LogP contribution in [0.5, 0.6) is 0 Å². The highest BCUT2D eigenvalue weighted by Crippen LogP contribution is 2.25. The van der Waals surface area contributed by atoms with Crippen LogP contribution in [0.1, 0.15) is 36.0 Å². The van der Waals surface area contributed by atoms with Crippen molar-refractivity contribution in [3.8, 4) is 0 Å². The first kappa shape index (κ1) is 15.2. The van der Waals surface area contributed by atoms with Gasteiger partial charge in [-0.15, -0.1) is 0 Å². The van der Waals surface area contributed by atoms with E-state index in [0.29, 0.717) is 25.2 Å². The van der Waals surface area contributed by atoms with Crippen molar-refractivity contribution in [3.05, 3.63) is 29.3 Å². The smallest absolute Gasteiger partial charge is 0.259 e. The van der Waals surface area contributed by atoms with Gasteiger partial charge >= 0.3 is 0 Å². The van der Waals surface area contributed by atoms with Crippen molar-refractivity contribution in [2.24, 2.45) is 0 Å². The first-order valence-corrected chi connectivity index (χ1v) is 7.84. The predicted octanol–water partition coefficient (Wildman–Crippen LogP) is 2.25. The molecule has 2 fully saturated rings. The van der Waals surface area contributed by atoms with E-state index >= 15 is 0 Å². The summed E-state index contributed by atoms with van der Waals surface area (Å²) in [7, 11) is 0. The van der Waals surface area contributed by atoms with Crippen molar-refractivity contribution in [2.75, 3.05) is 31.9 Å². The van der Waals surface area contributed by atoms with E-state index in [1.165, 1.54) is 25.7 Å². The number of benzene rings is 1. The Morgan fingerprint density at radius 2 is 1.73 bits per heavy atom. The second-order valence-electron chi connectivity index (χ2n) is 6.17. The lowest BCUT2D eigenvalue weighted by molar-refractivity contribution is 0.0271. The number of hydrogen-bond donors (Lipinski definition) is 1. The van der Waals surface area contributed by atoms with E-state index in [1.807, 2.05) is 0 Å². The van der Waals surface area contributed by atoms with E-state index in [-0.39, 0.29) is 11.3 Å². The Bertz CT molecular complexity index is 542. The van der Waals surface area contributed by atoms with E-state index in [9.17, 15) is 13.6 Å². The van der Waals surface area contributed by atoms with Crippen molar-refractivity contribution in [1.29, 1.82) is 0 Å². The van der Waals surface area contributed by atoms with Crippen LogP contribution in [0, 0.1) is 11.6 Å². The average molecular weight is 309 g/mol. The zero-order chi connectivity index (χ0) is 15.7. The minimum atomic E-state index is -0.888. The fourth-order valence-electron chi connectivity index (χ4n) is 3.29. The molecule has 22 heavy (non-hydrogen) atoms. The van der Waals surface area contributed by atoms with Crippen LogP contribution in [0.2, 0.25) is 0 Å². The molecule has 0 aromatic heterocycles. The molecule has 0 spiro atoms. The zero-order valence-corrected chi connectivity index (χ0v) is 12.5. The van der Waals surface area contributed by atoms with Gasteiger partial charge < -0.3 is 10.6 Å². The number of anilines is 1. The number of hydrogen-bond acceptors (Lipinski definition) is 3. The molecule has 4 nitrogen and oxygen atoms in total. The average Bonchev–Trinajstić information content (AvgIpc) is 2.64. The number of nitrogens with two attached hydrogens (primary N) is 1. The Morgan fingerprint density at radius 3 is 2.32 bits per heavy atom. The predicted molar refractivity (Wildman–Crippen MR) is 80.5 cm³/mol.